The van der Waals surface area contributed by atoms with Gasteiger partial charge in [0.2, 0.25) is 0 Å². The highest BCUT2D eigenvalue weighted by atomic mass is 16.5. The third-order valence-electron chi connectivity index (χ3n) is 5.13. The first kappa shape index (κ1) is 9.17. The molecule has 2 saturated carbocycles. The van der Waals surface area contributed by atoms with Crippen molar-refractivity contribution in [1.82, 2.24) is 0 Å². The lowest BCUT2D eigenvalue weighted by atomic mass is 9.64. The molecule has 0 N–H and O–H groups in total. The molecule has 3 rings (SSSR count). The molecule has 0 aromatic rings. The summed E-state index contributed by atoms with van der Waals surface area (Å²) < 4.78 is 11.7. The second-order valence-electron chi connectivity index (χ2n) is 5.49. The maximum Gasteiger partial charge on any atom is 0.0807 e. The fourth-order valence-electron chi connectivity index (χ4n) is 4.21. The van der Waals surface area contributed by atoms with E-state index < -0.39 is 0 Å². The monoisotopic (exact) mass is 196 g/mol. The van der Waals surface area contributed by atoms with Crippen LogP contribution in [0.3, 0.4) is 0 Å². The van der Waals surface area contributed by atoms with Gasteiger partial charge in [0.25, 0.3) is 0 Å². The van der Waals surface area contributed by atoms with Crippen LogP contribution in [0.25, 0.3) is 0 Å². The van der Waals surface area contributed by atoms with E-state index in [1.807, 2.05) is 7.11 Å². The van der Waals surface area contributed by atoms with Crippen molar-refractivity contribution in [2.45, 2.75) is 50.7 Å². The Morgan fingerprint density at radius 3 is 2.86 bits per heavy atom. The van der Waals surface area contributed by atoms with Gasteiger partial charge >= 0.3 is 0 Å². The molecule has 0 spiro atoms. The molecular weight excluding hydrogens is 176 g/mol. The molecule has 2 aliphatic carbocycles. The Balaban J connectivity index is 1.98. The lowest BCUT2D eigenvalue weighted by Gasteiger charge is -2.54. The number of hydrogen-bond donors (Lipinski definition) is 0. The summed E-state index contributed by atoms with van der Waals surface area (Å²) in [5, 5.41) is 0. The van der Waals surface area contributed by atoms with Gasteiger partial charge in [-0.15, -0.1) is 0 Å². The second-order valence-corrected chi connectivity index (χ2v) is 5.49. The summed E-state index contributed by atoms with van der Waals surface area (Å²) in [7, 11) is 1.91. The third-order valence-corrected chi connectivity index (χ3v) is 5.13. The minimum Gasteiger partial charge on any atom is -0.377 e. The van der Waals surface area contributed by atoms with E-state index in [9.17, 15) is 0 Å². The number of fused-ring (bicyclic) bond motifs is 3. The summed E-state index contributed by atoms with van der Waals surface area (Å²) in [6.45, 7) is 3.29. The van der Waals surface area contributed by atoms with Crippen molar-refractivity contribution in [3.8, 4) is 0 Å². The number of methoxy groups -OCH3 is 1. The Labute approximate surface area is 86.0 Å². The zero-order valence-corrected chi connectivity index (χ0v) is 9.21. The van der Waals surface area contributed by atoms with Crippen LogP contribution in [-0.2, 0) is 9.47 Å². The van der Waals surface area contributed by atoms with E-state index in [0.717, 1.165) is 12.5 Å². The summed E-state index contributed by atoms with van der Waals surface area (Å²) in [5.41, 5.74) is 0.487. The van der Waals surface area contributed by atoms with Crippen LogP contribution in [0.5, 0.6) is 0 Å². The van der Waals surface area contributed by atoms with Gasteiger partial charge in [0.15, 0.2) is 0 Å². The molecule has 14 heavy (non-hydrogen) atoms. The second kappa shape index (κ2) is 2.73. The highest BCUT2D eigenvalue weighted by Crippen LogP contribution is 2.62. The minimum atomic E-state index is 0.161. The van der Waals surface area contributed by atoms with Crippen LogP contribution in [0.2, 0.25) is 0 Å². The maximum absolute atomic E-state index is 5.96. The van der Waals surface area contributed by atoms with Gasteiger partial charge in [0.05, 0.1) is 18.3 Å². The molecule has 0 aromatic carbocycles. The summed E-state index contributed by atoms with van der Waals surface area (Å²) in [6.07, 6.45) is 7.06. The van der Waals surface area contributed by atoms with Crippen LogP contribution in [0.1, 0.15) is 39.0 Å². The molecule has 3 aliphatic rings. The summed E-state index contributed by atoms with van der Waals surface area (Å²) in [4.78, 5) is 0. The van der Waals surface area contributed by atoms with Gasteiger partial charge in [-0.1, -0.05) is 19.8 Å². The maximum atomic E-state index is 5.96. The van der Waals surface area contributed by atoms with Crippen molar-refractivity contribution in [3.05, 3.63) is 0 Å². The largest absolute Gasteiger partial charge is 0.377 e. The smallest absolute Gasteiger partial charge is 0.0807 e. The number of hydrogen-bond acceptors (Lipinski definition) is 2. The molecule has 1 heterocycles. The first-order chi connectivity index (χ1) is 6.73. The van der Waals surface area contributed by atoms with Gasteiger partial charge in [0, 0.05) is 12.5 Å². The quantitative estimate of drug-likeness (QED) is 0.641. The number of rotatable bonds is 1. The van der Waals surface area contributed by atoms with E-state index in [2.05, 4.69) is 6.92 Å². The Morgan fingerprint density at radius 2 is 2.21 bits per heavy atom. The van der Waals surface area contributed by atoms with E-state index in [-0.39, 0.29) is 5.60 Å². The molecule has 80 valence electrons. The van der Waals surface area contributed by atoms with Crippen LogP contribution in [-0.4, -0.2) is 25.4 Å². The van der Waals surface area contributed by atoms with Gasteiger partial charge in [0.1, 0.15) is 0 Å². The molecule has 0 bridgehead atoms. The van der Waals surface area contributed by atoms with Gasteiger partial charge in [-0.2, -0.15) is 0 Å². The van der Waals surface area contributed by atoms with Gasteiger partial charge in [-0.3, -0.25) is 0 Å². The molecule has 1 saturated heterocycles. The van der Waals surface area contributed by atoms with E-state index in [1.54, 1.807) is 0 Å². The van der Waals surface area contributed by atoms with Crippen LogP contribution in [0.15, 0.2) is 0 Å². The van der Waals surface area contributed by atoms with Gasteiger partial charge < -0.3 is 9.47 Å². The Bertz CT molecular complexity index is 253. The van der Waals surface area contributed by atoms with Gasteiger partial charge in [-0.25, -0.2) is 0 Å². The van der Waals surface area contributed by atoms with E-state index >= 15 is 0 Å². The molecular formula is C12H20O2. The highest BCUT2D eigenvalue weighted by Gasteiger charge is 2.68. The van der Waals surface area contributed by atoms with Crippen LogP contribution >= 0.6 is 0 Å². The lowest BCUT2D eigenvalue weighted by Crippen LogP contribution is -2.60. The standard InChI is InChI=1S/C12H20O2/c1-11-8-14-10(11)7-9-5-3-4-6-12(9,11)13-2/h9-10H,3-8H2,1-2H3. The average Bonchev–Trinajstić information content (AvgIpc) is 2.39. The fraction of sp³-hybridized carbons (Fsp3) is 1.00. The first-order valence-corrected chi connectivity index (χ1v) is 5.90. The minimum absolute atomic E-state index is 0.161. The van der Waals surface area contributed by atoms with E-state index in [1.165, 1.54) is 32.1 Å². The van der Waals surface area contributed by atoms with Crippen molar-refractivity contribution in [2.75, 3.05) is 13.7 Å². The molecule has 0 amide bonds. The molecule has 0 radical (unpaired) electrons. The van der Waals surface area contributed by atoms with Crippen molar-refractivity contribution < 1.29 is 9.47 Å². The van der Waals surface area contributed by atoms with Crippen molar-refractivity contribution >= 4 is 0 Å². The van der Waals surface area contributed by atoms with Crippen molar-refractivity contribution in [1.29, 1.82) is 0 Å². The molecule has 1 aliphatic heterocycles. The molecule has 2 heteroatoms. The summed E-state index contributed by atoms with van der Waals surface area (Å²) >= 11 is 0. The SMILES string of the molecule is COC12CCCCC1CC1OCC12C. The topological polar surface area (TPSA) is 18.5 Å². The normalized spacial score (nSPS) is 56.1. The summed E-state index contributed by atoms with van der Waals surface area (Å²) in [5.74, 6) is 0.763. The third kappa shape index (κ3) is 0.809. The van der Waals surface area contributed by atoms with E-state index in [4.69, 9.17) is 9.47 Å². The molecule has 4 unspecified atom stereocenters. The van der Waals surface area contributed by atoms with Crippen LogP contribution in [0, 0.1) is 11.3 Å². The Morgan fingerprint density at radius 1 is 1.36 bits per heavy atom. The highest BCUT2D eigenvalue weighted by molar-refractivity contribution is 5.17. The van der Waals surface area contributed by atoms with Crippen LogP contribution < -0.4 is 0 Å². The predicted molar refractivity (Wildman–Crippen MR) is 54.2 cm³/mol. The zero-order valence-electron chi connectivity index (χ0n) is 9.21. The molecule has 3 fully saturated rings. The predicted octanol–water partition coefficient (Wildman–Crippen LogP) is 2.37. The molecule has 4 atom stereocenters. The fourth-order valence-corrected chi connectivity index (χ4v) is 4.21. The van der Waals surface area contributed by atoms with Crippen molar-refractivity contribution in [2.24, 2.45) is 11.3 Å². The Kier molecular flexibility index (Phi) is 1.79. The van der Waals surface area contributed by atoms with Crippen LogP contribution in [0.4, 0.5) is 0 Å². The first-order valence-electron chi connectivity index (χ1n) is 5.90. The zero-order chi connectivity index (χ0) is 9.81. The molecule has 0 aromatic heterocycles. The molecule has 2 nitrogen and oxygen atoms in total. The Hall–Kier alpha value is -0.0800. The number of ether oxygens (including phenoxy) is 2. The lowest BCUT2D eigenvalue weighted by molar-refractivity contribution is -0.245. The van der Waals surface area contributed by atoms with Crippen molar-refractivity contribution in [3.63, 3.8) is 0 Å². The average molecular weight is 196 g/mol. The van der Waals surface area contributed by atoms with E-state index in [0.29, 0.717) is 11.5 Å². The van der Waals surface area contributed by atoms with Gasteiger partial charge in [-0.05, 0) is 25.2 Å². The summed E-state index contributed by atoms with van der Waals surface area (Å²) in [6, 6.07) is 0.